The van der Waals surface area contributed by atoms with Gasteiger partial charge in [0.05, 0.1) is 30.4 Å². The Kier molecular flexibility index (Phi) is 6.45. The first-order valence-electron chi connectivity index (χ1n) is 8.99. The van der Waals surface area contributed by atoms with Gasteiger partial charge in [-0.05, 0) is 29.7 Å². The summed E-state index contributed by atoms with van der Waals surface area (Å²) < 4.78 is 1.81. The van der Waals surface area contributed by atoms with E-state index in [1.807, 2.05) is 37.3 Å². The van der Waals surface area contributed by atoms with Crippen LogP contribution < -0.4 is 10.9 Å². The number of aromatic nitrogens is 2. The summed E-state index contributed by atoms with van der Waals surface area (Å²) in [5.41, 5.74) is 8.08. The molecule has 0 spiro atoms. The van der Waals surface area contributed by atoms with E-state index in [4.69, 9.17) is 11.6 Å². The lowest BCUT2D eigenvalue weighted by molar-refractivity contribution is -0.121. The van der Waals surface area contributed by atoms with Crippen LogP contribution >= 0.6 is 11.6 Å². The van der Waals surface area contributed by atoms with Gasteiger partial charge in [0.1, 0.15) is 0 Å². The zero-order chi connectivity index (χ0) is 19.9. The molecule has 3 aromatic rings. The molecule has 0 aliphatic rings. The van der Waals surface area contributed by atoms with Crippen LogP contribution in [0, 0.1) is 0 Å². The van der Waals surface area contributed by atoms with Gasteiger partial charge < -0.3 is 0 Å². The second-order valence-electron chi connectivity index (χ2n) is 6.31. The SMILES string of the molecule is CCc1c(C(=O)NNC(=O)Cc2ccc(Cl)cc2)cnn1Cc1ccccc1. The maximum Gasteiger partial charge on any atom is 0.273 e. The van der Waals surface area contributed by atoms with Crippen molar-refractivity contribution in [3.8, 4) is 0 Å². The van der Waals surface area contributed by atoms with E-state index >= 15 is 0 Å². The average Bonchev–Trinajstić information content (AvgIpc) is 3.11. The molecule has 0 aliphatic carbocycles. The molecule has 1 heterocycles. The molecule has 0 unspecified atom stereocenters. The molecule has 28 heavy (non-hydrogen) atoms. The minimum atomic E-state index is -0.388. The summed E-state index contributed by atoms with van der Waals surface area (Å²) >= 11 is 5.83. The molecule has 0 bridgehead atoms. The van der Waals surface area contributed by atoms with Crippen molar-refractivity contribution in [3.05, 3.63) is 88.2 Å². The predicted molar refractivity (Wildman–Crippen MR) is 108 cm³/mol. The van der Waals surface area contributed by atoms with E-state index in [1.165, 1.54) is 6.20 Å². The molecule has 1 aromatic heterocycles. The molecule has 144 valence electrons. The number of nitrogens with one attached hydrogen (secondary N) is 2. The minimum absolute atomic E-state index is 0.144. The van der Waals surface area contributed by atoms with E-state index < -0.39 is 0 Å². The Labute approximate surface area is 168 Å². The lowest BCUT2D eigenvalue weighted by Crippen LogP contribution is -2.42. The van der Waals surface area contributed by atoms with E-state index in [2.05, 4.69) is 16.0 Å². The third kappa shape index (κ3) is 4.98. The third-order valence-corrected chi connectivity index (χ3v) is 4.55. The lowest BCUT2D eigenvalue weighted by atomic mass is 10.1. The van der Waals surface area contributed by atoms with Crippen molar-refractivity contribution in [3.63, 3.8) is 0 Å². The van der Waals surface area contributed by atoms with E-state index in [1.54, 1.807) is 28.9 Å². The molecular formula is C21H21ClN4O2. The molecule has 2 aromatic carbocycles. The van der Waals surface area contributed by atoms with Gasteiger partial charge in [0.25, 0.3) is 5.91 Å². The number of nitrogens with zero attached hydrogens (tertiary/aromatic N) is 2. The molecule has 7 heteroatoms. The zero-order valence-corrected chi connectivity index (χ0v) is 16.2. The predicted octanol–water partition coefficient (Wildman–Crippen LogP) is 3.15. The highest BCUT2D eigenvalue weighted by Crippen LogP contribution is 2.12. The van der Waals surface area contributed by atoms with Gasteiger partial charge >= 0.3 is 0 Å². The average molecular weight is 397 g/mol. The van der Waals surface area contributed by atoms with Crippen molar-refractivity contribution < 1.29 is 9.59 Å². The summed E-state index contributed by atoms with van der Waals surface area (Å²) in [4.78, 5) is 24.5. The molecule has 3 rings (SSSR count). The first kappa shape index (κ1) is 19.6. The standard InChI is InChI=1S/C21H21ClN4O2/c1-2-19-18(13-23-26(19)14-16-6-4-3-5-7-16)21(28)25-24-20(27)12-15-8-10-17(22)11-9-15/h3-11,13H,2,12,14H2,1H3,(H,24,27)(H,25,28). The number of amides is 2. The number of carbonyl (C=O) groups is 2. The summed E-state index contributed by atoms with van der Waals surface area (Å²) in [6.07, 6.45) is 2.32. The van der Waals surface area contributed by atoms with Crippen LogP contribution in [0.15, 0.2) is 60.8 Å². The Morgan fingerprint density at radius 2 is 1.71 bits per heavy atom. The van der Waals surface area contributed by atoms with Crippen LogP contribution in [0.25, 0.3) is 0 Å². The number of benzene rings is 2. The second-order valence-corrected chi connectivity index (χ2v) is 6.74. The quantitative estimate of drug-likeness (QED) is 0.628. The molecule has 0 saturated carbocycles. The van der Waals surface area contributed by atoms with Crippen LogP contribution in [-0.2, 0) is 24.2 Å². The molecular weight excluding hydrogens is 376 g/mol. The van der Waals surface area contributed by atoms with E-state index in [-0.39, 0.29) is 18.2 Å². The highest BCUT2D eigenvalue weighted by molar-refractivity contribution is 6.30. The highest BCUT2D eigenvalue weighted by atomic mass is 35.5. The van der Waals surface area contributed by atoms with Crippen LogP contribution in [0.3, 0.4) is 0 Å². The number of rotatable bonds is 6. The Morgan fingerprint density at radius 3 is 2.39 bits per heavy atom. The molecule has 0 saturated heterocycles. The maximum absolute atomic E-state index is 12.5. The fourth-order valence-corrected chi connectivity index (χ4v) is 3.02. The van der Waals surface area contributed by atoms with Crippen LogP contribution in [0.5, 0.6) is 0 Å². The molecule has 0 radical (unpaired) electrons. The summed E-state index contributed by atoms with van der Waals surface area (Å²) in [5.74, 6) is -0.703. The summed E-state index contributed by atoms with van der Waals surface area (Å²) in [5, 5.41) is 4.95. The number of hydrogen-bond donors (Lipinski definition) is 2. The van der Waals surface area contributed by atoms with Crippen molar-refractivity contribution in [2.45, 2.75) is 26.3 Å². The van der Waals surface area contributed by atoms with Gasteiger partial charge in [-0.25, -0.2) is 0 Å². The number of halogens is 1. The Balaban J connectivity index is 1.61. The molecule has 0 fully saturated rings. The fraction of sp³-hybridized carbons (Fsp3) is 0.190. The zero-order valence-electron chi connectivity index (χ0n) is 15.5. The van der Waals surface area contributed by atoms with Gasteiger partial charge in [0, 0.05) is 5.02 Å². The normalized spacial score (nSPS) is 10.5. The van der Waals surface area contributed by atoms with Gasteiger partial charge in [-0.3, -0.25) is 25.1 Å². The number of carbonyl (C=O) groups excluding carboxylic acids is 2. The van der Waals surface area contributed by atoms with Gasteiger partial charge in [0.2, 0.25) is 5.91 Å². The van der Waals surface area contributed by atoms with E-state index in [9.17, 15) is 9.59 Å². The lowest BCUT2D eigenvalue weighted by Gasteiger charge is -2.10. The van der Waals surface area contributed by atoms with Crippen molar-refractivity contribution in [1.29, 1.82) is 0 Å². The Hall–Kier alpha value is -3.12. The minimum Gasteiger partial charge on any atom is -0.273 e. The van der Waals surface area contributed by atoms with Crippen LogP contribution in [0.1, 0.15) is 34.1 Å². The third-order valence-electron chi connectivity index (χ3n) is 4.30. The molecule has 0 atom stereocenters. The van der Waals surface area contributed by atoms with Crippen LogP contribution in [-0.4, -0.2) is 21.6 Å². The largest absolute Gasteiger partial charge is 0.273 e. The number of hydrazine groups is 1. The second kappa shape index (κ2) is 9.19. The Morgan fingerprint density at radius 1 is 1.00 bits per heavy atom. The maximum atomic E-state index is 12.5. The van der Waals surface area contributed by atoms with E-state index in [0.717, 1.165) is 16.8 Å². The topological polar surface area (TPSA) is 76.0 Å². The summed E-state index contributed by atoms with van der Waals surface area (Å²) in [6, 6.07) is 16.9. The molecule has 0 aliphatic heterocycles. The highest BCUT2D eigenvalue weighted by Gasteiger charge is 2.17. The first-order valence-corrected chi connectivity index (χ1v) is 9.37. The first-order chi connectivity index (χ1) is 13.6. The van der Waals surface area contributed by atoms with Gasteiger partial charge in [-0.2, -0.15) is 5.10 Å². The number of hydrogen-bond acceptors (Lipinski definition) is 3. The van der Waals surface area contributed by atoms with Gasteiger partial charge in [-0.1, -0.05) is 61.0 Å². The van der Waals surface area contributed by atoms with Crippen molar-refractivity contribution in [2.75, 3.05) is 0 Å². The molecule has 2 amide bonds. The molecule has 6 nitrogen and oxygen atoms in total. The van der Waals surface area contributed by atoms with Crippen molar-refractivity contribution in [1.82, 2.24) is 20.6 Å². The summed E-state index contributed by atoms with van der Waals surface area (Å²) in [6.45, 7) is 2.55. The van der Waals surface area contributed by atoms with Gasteiger partial charge in [0.15, 0.2) is 0 Å². The van der Waals surface area contributed by atoms with Crippen LogP contribution in [0.4, 0.5) is 0 Å². The van der Waals surface area contributed by atoms with Gasteiger partial charge in [-0.15, -0.1) is 0 Å². The van der Waals surface area contributed by atoms with Crippen molar-refractivity contribution in [2.24, 2.45) is 0 Å². The summed E-state index contributed by atoms with van der Waals surface area (Å²) in [7, 11) is 0. The Bertz CT molecular complexity index is 952. The molecule has 2 N–H and O–H groups in total. The monoisotopic (exact) mass is 396 g/mol. The fourth-order valence-electron chi connectivity index (χ4n) is 2.89. The van der Waals surface area contributed by atoms with Crippen molar-refractivity contribution >= 4 is 23.4 Å². The van der Waals surface area contributed by atoms with Crippen LogP contribution in [0.2, 0.25) is 5.02 Å². The smallest absolute Gasteiger partial charge is 0.273 e. The van der Waals surface area contributed by atoms with E-state index in [0.29, 0.717) is 23.6 Å².